The Bertz CT molecular complexity index is 888. The van der Waals surface area contributed by atoms with Crippen molar-refractivity contribution >= 4 is 50.6 Å². The molecule has 0 aliphatic rings. The Morgan fingerprint density at radius 3 is 2.70 bits per heavy atom. The average Bonchev–Trinajstić information content (AvgIpc) is 2.83. The molecular formula is C16H8Cl2F2O2S. The molecule has 0 amide bonds. The minimum Gasteiger partial charge on any atom is -0.456 e. The quantitative estimate of drug-likeness (QED) is 0.539. The standard InChI is InChI=1S/C16H8Cl2F2O2S/c17-11-2-1-3-12(20)10(11)7-22-16(21)15-14(18)9-5-4-8(19)6-13(9)23-15/h1-6H,7H2. The summed E-state index contributed by atoms with van der Waals surface area (Å²) in [4.78, 5) is 12.3. The minimum atomic E-state index is -0.712. The summed E-state index contributed by atoms with van der Waals surface area (Å²) in [7, 11) is 0. The summed E-state index contributed by atoms with van der Waals surface area (Å²) in [6, 6.07) is 8.23. The summed E-state index contributed by atoms with van der Waals surface area (Å²) in [6.45, 7) is -0.316. The van der Waals surface area contributed by atoms with Crippen LogP contribution in [0, 0.1) is 11.6 Å². The Morgan fingerprint density at radius 1 is 1.17 bits per heavy atom. The van der Waals surface area contributed by atoms with Crippen LogP contribution < -0.4 is 0 Å². The predicted octanol–water partition coefficient (Wildman–Crippen LogP) is 5.84. The second-order valence-corrected chi connectivity index (χ2v) is 6.50. The Hall–Kier alpha value is -1.69. The van der Waals surface area contributed by atoms with Crippen LogP contribution in [0.5, 0.6) is 0 Å². The number of hydrogen-bond acceptors (Lipinski definition) is 3. The molecule has 3 rings (SSSR count). The normalized spacial score (nSPS) is 11.0. The first-order valence-electron chi connectivity index (χ1n) is 6.45. The van der Waals surface area contributed by atoms with Gasteiger partial charge in [-0.1, -0.05) is 29.3 Å². The van der Waals surface area contributed by atoms with Crippen molar-refractivity contribution in [1.29, 1.82) is 0 Å². The maximum atomic E-state index is 13.7. The molecule has 0 saturated heterocycles. The zero-order chi connectivity index (χ0) is 16.6. The van der Waals surface area contributed by atoms with Gasteiger partial charge in [-0.05, 0) is 30.3 Å². The first kappa shape index (κ1) is 16.2. The van der Waals surface area contributed by atoms with Crippen molar-refractivity contribution < 1.29 is 18.3 Å². The predicted molar refractivity (Wildman–Crippen MR) is 87.3 cm³/mol. The van der Waals surface area contributed by atoms with Gasteiger partial charge < -0.3 is 4.74 Å². The van der Waals surface area contributed by atoms with Crippen LogP contribution in [-0.2, 0) is 11.3 Å². The van der Waals surface area contributed by atoms with Gasteiger partial charge in [0, 0.05) is 15.6 Å². The summed E-state index contributed by atoms with van der Waals surface area (Å²) in [5.41, 5.74) is 0.0887. The fraction of sp³-hybridized carbons (Fsp3) is 0.0625. The molecular weight excluding hydrogens is 365 g/mol. The summed E-state index contributed by atoms with van der Waals surface area (Å²) < 4.78 is 32.5. The molecule has 0 atom stereocenters. The molecule has 0 unspecified atom stereocenters. The lowest BCUT2D eigenvalue weighted by Gasteiger charge is -2.06. The number of benzene rings is 2. The number of carbonyl (C=O) groups is 1. The Morgan fingerprint density at radius 2 is 1.96 bits per heavy atom. The van der Waals surface area contributed by atoms with Crippen LogP contribution >= 0.6 is 34.5 Å². The van der Waals surface area contributed by atoms with E-state index >= 15 is 0 Å². The second-order valence-electron chi connectivity index (χ2n) is 4.66. The van der Waals surface area contributed by atoms with Gasteiger partial charge in [-0.25, -0.2) is 13.6 Å². The van der Waals surface area contributed by atoms with Crippen molar-refractivity contribution in [3.05, 3.63) is 68.5 Å². The number of thiophene rings is 1. The van der Waals surface area contributed by atoms with E-state index in [9.17, 15) is 13.6 Å². The highest BCUT2D eigenvalue weighted by atomic mass is 35.5. The largest absolute Gasteiger partial charge is 0.456 e. The summed E-state index contributed by atoms with van der Waals surface area (Å²) in [5, 5.41) is 0.922. The molecule has 1 heterocycles. The van der Waals surface area contributed by atoms with E-state index in [1.165, 1.54) is 36.4 Å². The van der Waals surface area contributed by atoms with Crippen LogP contribution in [0.1, 0.15) is 15.2 Å². The molecule has 0 saturated carbocycles. The first-order valence-corrected chi connectivity index (χ1v) is 8.02. The number of esters is 1. The summed E-state index contributed by atoms with van der Waals surface area (Å²) in [5.74, 6) is -1.70. The molecule has 23 heavy (non-hydrogen) atoms. The van der Waals surface area contributed by atoms with Crippen LogP contribution in [0.3, 0.4) is 0 Å². The Kier molecular flexibility index (Phi) is 4.53. The van der Waals surface area contributed by atoms with Gasteiger partial charge in [-0.15, -0.1) is 11.3 Å². The number of ether oxygens (including phenoxy) is 1. The van der Waals surface area contributed by atoms with Crippen molar-refractivity contribution in [1.82, 2.24) is 0 Å². The Labute approximate surface area is 144 Å². The highest BCUT2D eigenvalue weighted by Crippen LogP contribution is 2.36. The van der Waals surface area contributed by atoms with Crippen molar-refractivity contribution in [3.8, 4) is 0 Å². The van der Waals surface area contributed by atoms with Crippen LogP contribution in [0.25, 0.3) is 10.1 Å². The van der Waals surface area contributed by atoms with Crippen LogP contribution in [-0.4, -0.2) is 5.97 Å². The van der Waals surface area contributed by atoms with Gasteiger partial charge in [0.2, 0.25) is 0 Å². The molecule has 0 aliphatic carbocycles. The molecule has 2 nitrogen and oxygen atoms in total. The molecule has 0 aliphatic heterocycles. The monoisotopic (exact) mass is 372 g/mol. The lowest BCUT2D eigenvalue weighted by atomic mass is 10.2. The molecule has 118 valence electrons. The molecule has 2 aromatic carbocycles. The van der Waals surface area contributed by atoms with Crippen molar-refractivity contribution in [2.24, 2.45) is 0 Å². The summed E-state index contributed by atoms with van der Waals surface area (Å²) >= 11 is 13.0. The van der Waals surface area contributed by atoms with Crippen LogP contribution in [0.15, 0.2) is 36.4 Å². The molecule has 0 radical (unpaired) electrons. The lowest BCUT2D eigenvalue weighted by Crippen LogP contribution is -2.05. The van der Waals surface area contributed by atoms with Crippen LogP contribution in [0.2, 0.25) is 10.0 Å². The molecule has 0 bridgehead atoms. The van der Waals surface area contributed by atoms with E-state index in [0.29, 0.717) is 10.1 Å². The molecule has 3 aromatic rings. The second kappa shape index (κ2) is 6.43. The third-order valence-corrected chi connectivity index (χ3v) is 5.18. The van der Waals surface area contributed by atoms with Crippen LogP contribution in [0.4, 0.5) is 8.78 Å². The zero-order valence-electron chi connectivity index (χ0n) is 11.4. The van der Waals surface area contributed by atoms with E-state index in [-0.39, 0.29) is 27.1 Å². The smallest absolute Gasteiger partial charge is 0.350 e. The third kappa shape index (κ3) is 3.17. The fourth-order valence-electron chi connectivity index (χ4n) is 2.04. The van der Waals surface area contributed by atoms with E-state index in [1.807, 2.05) is 0 Å². The SMILES string of the molecule is O=C(OCc1c(F)cccc1Cl)c1sc2cc(F)ccc2c1Cl. The van der Waals surface area contributed by atoms with Gasteiger partial charge in [0.15, 0.2) is 0 Å². The van der Waals surface area contributed by atoms with Gasteiger partial charge in [-0.3, -0.25) is 0 Å². The van der Waals surface area contributed by atoms with Crippen molar-refractivity contribution in [2.45, 2.75) is 6.61 Å². The maximum absolute atomic E-state index is 13.7. The Balaban J connectivity index is 1.85. The maximum Gasteiger partial charge on any atom is 0.350 e. The number of halogens is 4. The van der Waals surface area contributed by atoms with E-state index in [4.69, 9.17) is 27.9 Å². The van der Waals surface area contributed by atoms with Gasteiger partial charge in [0.25, 0.3) is 0 Å². The van der Waals surface area contributed by atoms with Gasteiger partial charge >= 0.3 is 5.97 Å². The molecule has 7 heteroatoms. The minimum absolute atomic E-state index is 0.0887. The van der Waals surface area contributed by atoms with E-state index < -0.39 is 17.6 Å². The first-order chi connectivity index (χ1) is 11.0. The van der Waals surface area contributed by atoms with E-state index in [2.05, 4.69) is 0 Å². The number of fused-ring (bicyclic) bond motifs is 1. The fourth-order valence-corrected chi connectivity index (χ4v) is 3.69. The molecule has 1 aromatic heterocycles. The van der Waals surface area contributed by atoms with Crippen molar-refractivity contribution in [3.63, 3.8) is 0 Å². The van der Waals surface area contributed by atoms with Gasteiger partial charge in [0.05, 0.1) is 10.0 Å². The third-order valence-electron chi connectivity index (χ3n) is 3.19. The summed E-state index contributed by atoms with van der Waals surface area (Å²) in [6.07, 6.45) is 0. The topological polar surface area (TPSA) is 26.3 Å². The lowest BCUT2D eigenvalue weighted by molar-refractivity contribution is 0.0475. The highest BCUT2D eigenvalue weighted by molar-refractivity contribution is 7.21. The number of hydrogen-bond donors (Lipinski definition) is 0. The molecule has 0 spiro atoms. The van der Waals surface area contributed by atoms with Crippen molar-refractivity contribution in [2.75, 3.05) is 0 Å². The van der Waals surface area contributed by atoms with Gasteiger partial charge in [-0.2, -0.15) is 0 Å². The van der Waals surface area contributed by atoms with E-state index in [0.717, 1.165) is 11.3 Å². The zero-order valence-corrected chi connectivity index (χ0v) is 13.7. The van der Waals surface area contributed by atoms with E-state index in [1.54, 1.807) is 0 Å². The highest BCUT2D eigenvalue weighted by Gasteiger charge is 2.20. The number of rotatable bonds is 3. The van der Waals surface area contributed by atoms with Gasteiger partial charge in [0.1, 0.15) is 23.1 Å². The number of carbonyl (C=O) groups excluding carboxylic acids is 1. The molecule has 0 N–H and O–H groups in total. The average molecular weight is 373 g/mol. The molecule has 0 fully saturated rings.